The molecule has 6 rings (SSSR count). The highest BCUT2D eigenvalue weighted by Crippen LogP contribution is 2.56. The summed E-state index contributed by atoms with van der Waals surface area (Å²) in [5, 5.41) is 3.32. The average Bonchev–Trinajstić information content (AvgIpc) is 3.17. The molecule has 4 aromatic rings. The smallest absolute Gasteiger partial charge is 0.340 e. The van der Waals surface area contributed by atoms with Gasteiger partial charge >= 0.3 is 5.97 Å². The summed E-state index contributed by atoms with van der Waals surface area (Å²) in [6.45, 7) is 4.23. The average molecular weight is 463 g/mol. The molecule has 5 heteroatoms. The number of fused-ring (bicyclic) bond motifs is 6. The van der Waals surface area contributed by atoms with Crippen LogP contribution in [0.4, 0.5) is 17.1 Å². The summed E-state index contributed by atoms with van der Waals surface area (Å²) in [6, 6.07) is 25.8. The Balaban J connectivity index is 1.57. The predicted octanol–water partition coefficient (Wildman–Crippen LogP) is 6.68. The molecular formula is C30H26N2O3. The minimum atomic E-state index is -1.06. The summed E-state index contributed by atoms with van der Waals surface area (Å²) in [6.07, 6.45) is 0. The van der Waals surface area contributed by atoms with Crippen LogP contribution in [0.3, 0.4) is 0 Å². The maximum absolute atomic E-state index is 13.1. The molecule has 0 bridgehead atoms. The molecule has 1 unspecified atom stereocenters. The van der Waals surface area contributed by atoms with Crippen molar-refractivity contribution in [3.8, 4) is 11.5 Å². The van der Waals surface area contributed by atoms with Gasteiger partial charge in [-0.2, -0.15) is 0 Å². The number of para-hydroxylation sites is 1. The standard InChI is InChI=1S/C30H26N2O3/c1-18-13-15-25(19(2)28(18)31-3)32(4)20-14-16-27-24(17-20)30(23-11-7-8-12-26(23)34-27)22-10-6-5-9-21(22)29(33)35-30/h5-17,31H,1-4H3. The van der Waals surface area contributed by atoms with Crippen molar-refractivity contribution in [3.63, 3.8) is 0 Å². The fourth-order valence-corrected chi connectivity index (χ4v) is 5.54. The van der Waals surface area contributed by atoms with Gasteiger partial charge in [0.1, 0.15) is 11.5 Å². The third-order valence-corrected chi connectivity index (χ3v) is 7.24. The van der Waals surface area contributed by atoms with Crippen molar-refractivity contribution >= 4 is 23.0 Å². The second-order valence-electron chi connectivity index (χ2n) is 9.11. The molecule has 0 aliphatic carbocycles. The zero-order valence-corrected chi connectivity index (χ0v) is 20.2. The molecule has 0 amide bonds. The first-order valence-electron chi connectivity index (χ1n) is 11.7. The zero-order valence-electron chi connectivity index (χ0n) is 20.2. The Bertz CT molecular complexity index is 1510. The fraction of sp³-hybridized carbons (Fsp3) is 0.167. The monoisotopic (exact) mass is 462 g/mol. The van der Waals surface area contributed by atoms with Crippen molar-refractivity contribution in [1.82, 2.24) is 0 Å². The lowest BCUT2D eigenvalue weighted by Crippen LogP contribution is -2.33. The fourth-order valence-electron chi connectivity index (χ4n) is 5.54. The summed E-state index contributed by atoms with van der Waals surface area (Å²) in [5.41, 5.74) is 7.57. The van der Waals surface area contributed by atoms with E-state index < -0.39 is 5.60 Å². The van der Waals surface area contributed by atoms with Gasteiger partial charge < -0.3 is 19.7 Å². The van der Waals surface area contributed by atoms with Gasteiger partial charge in [0.2, 0.25) is 0 Å². The van der Waals surface area contributed by atoms with Crippen LogP contribution in [0, 0.1) is 13.8 Å². The predicted molar refractivity (Wildman–Crippen MR) is 138 cm³/mol. The summed E-state index contributed by atoms with van der Waals surface area (Å²) in [5.74, 6) is 1.05. The Labute approximate surface area is 204 Å². The largest absolute Gasteiger partial charge is 0.456 e. The van der Waals surface area contributed by atoms with Gasteiger partial charge in [0.25, 0.3) is 0 Å². The van der Waals surface area contributed by atoms with Crippen molar-refractivity contribution in [2.45, 2.75) is 19.4 Å². The molecule has 0 radical (unpaired) electrons. The van der Waals surface area contributed by atoms with E-state index in [4.69, 9.17) is 9.47 Å². The van der Waals surface area contributed by atoms with Crippen LogP contribution in [0.25, 0.3) is 0 Å². The van der Waals surface area contributed by atoms with E-state index in [9.17, 15) is 4.79 Å². The zero-order chi connectivity index (χ0) is 24.3. The Kier molecular flexibility index (Phi) is 4.65. The van der Waals surface area contributed by atoms with Gasteiger partial charge in [-0.05, 0) is 61.4 Å². The van der Waals surface area contributed by atoms with Gasteiger partial charge in [-0.3, -0.25) is 0 Å². The molecule has 0 aromatic heterocycles. The van der Waals surface area contributed by atoms with Crippen LogP contribution < -0.4 is 15.0 Å². The first kappa shape index (κ1) is 21.3. The number of carbonyl (C=O) groups excluding carboxylic acids is 1. The van der Waals surface area contributed by atoms with Crippen LogP contribution in [0.2, 0.25) is 0 Å². The summed E-state index contributed by atoms with van der Waals surface area (Å²) < 4.78 is 12.6. The Morgan fingerprint density at radius 1 is 0.829 bits per heavy atom. The first-order chi connectivity index (χ1) is 17.0. The molecule has 0 saturated carbocycles. The van der Waals surface area contributed by atoms with E-state index in [1.54, 1.807) is 0 Å². The number of esters is 1. The lowest BCUT2D eigenvalue weighted by Gasteiger charge is -2.37. The molecule has 2 aliphatic heterocycles. The Morgan fingerprint density at radius 3 is 2.34 bits per heavy atom. The minimum Gasteiger partial charge on any atom is -0.456 e. The van der Waals surface area contributed by atoms with Crippen LogP contribution >= 0.6 is 0 Å². The summed E-state index contributed by atoms with van der Waals surface area (Å²) in [4.78, 5) is 15.2. The van der Waals surface area contributed by atoms with E-state index in [0.717, 1.165) is 33.8 Å². The SMILES string of the molecule is CNc1c(C)ccc(N(C)c2ccc3c(c2)C2(OC(=O)c4ccccc42)c2ccccc2O3)c1C. The third-order valence-electron chi connectivity index (χ3n) is 7.24. The van der Waals surface area contributed by atoms with Crippen molar-refractivity contribution in [2.24, 2.45) is 0 Å². The second-order valence-corrected chi connectivity index (χ2v) is 9.11. The molecule has 35 heavy (non-hydrogen) atoms. The van der Waals surface area contributed by atoms with Gasteiger partial charge in [0.15, 0.2) is 5.60 Å². The van der Waals surface area contributed by atoms with Crippen LogP contribution in [-0.4, -0.2) is 20.1 Å². The Morgan fingerprint density at radius 2 is 1.54 bits per heavy atom. The minimum absolute atomic E-state index is 0.324. The number of aryl methyl sites for hydroxylation is 1. The normalized spacial score (nSPS) is 17.2. The van der Waals surface area contributed by atoms with Crippen LogP contribution in [0.15, 0.2) is 78.9 Å². The molecule has 1 atom stereocenters. The summed E-state index contributed by atoms with van der Waals surface area (Å²) in [7, 11) is 4.00. The molecular weight excluding hydrogens is 436 g/mol. The molecule has 4 aromatic carbocycles. The van der Waals surface area contributed by atoms with Crippen molar-refractivity contribution < 1.29 is 14.3 Å². The number of nitrogens with zero attached hydrogens (tertiary/aromatic N) is 1. The molecule has 2 aliphatic rings. The van der Waals surface area contributed by atoms with Gasteiger partial charge in [0, 0.05) is 47.8 Å². The quantitative estimate of drug-likeness (QED) is 0.344. The van der Waals surface area contributed by atoms with Crippen LogP contribution in [0.5, 0.6) is 11.5 Å². The summed E-state index contributed by atoms with van der Waals surface area (Å²) >= 11 is 0. The molecule has 1 spiro atoms. The van der Waals surface area contributed by atoms with E-state index in [2.05, 4.69) is 49.3 Å². The molecule has 2 heterocycles. The topological polar surface area (TPSA) is 50.8 Å². The van der Waals surface area contributed by atoms with Crippen molar-refractivity contribution in [2.75, 3.05) is 24.3 Å². The molecule has 5 nitrogen and oxygen atoms in total. The van der Waals surface area contributed by atoms with Crippen LogP contribution in [0.1, 0.15) is 38.2 Å². The molecule has 1 N–H and O–H groups in total. The number of carbonyl (C=O) groups is 1. The highest BCUT2D eigenvalue weighted by Gasteiger charge is 2.53. The van der Waals surface area contributed by atoms with Crippen molar-refractivity contribution in [1.29, 1.82) is 0 Å². The number of anilines is 3. The van der Waals surface area contributed by atoms with Gasteiger partial charge in [-0.1, -0.05) is 42.5 Å². The highest BCUT2D eigenvalue weighted by molar-refractivity contribution is 5.97. The maximum atomic E-state index is 13.1. The third kappa shape index (κ3) is 2.91. The number of benzene rings is 4. The number of hydrogen-bond acceptors (Lipinski definition) is 5. The number of rotatable bonds is 3. The van der Waals surface area contributed by atoms with E-state index in [0.29, 0.717) is 17.1 Å². The maximum Gasteiger partial charge on any atom is 0.340 e. The van der Waals surface area contributed by atoms with Crippen molar-refractivity contribution in [3.05, 3.63) is 112 Å². The molecule has 0 saturated heterocycles. The van der Waals surface area contributed by atoms with E-state index in [1.165, 1.54) is 11.1 Å². The van der Waals surface area contributed by atoms with E-state index in [1.807, 2.05) is 67.7 Å². The second kappa shape index (κ2) is 7.64. The molecule has 174 valence electrons. The number of nitrogens with one attached hydrogen (secondary N) is 1. The van der Waals surface area contributed by atoms with Gasteiger partial charge in [0.05, 0.1) is 5.56 Å². The van der Waals surface area contributed by atoms with E-state index >= 15 is 0 Å². The van der Waals surface area contributed by atoms with Gasteiger partial charge in [-0.15, -0.1) is 0 Å². The lowest BCUT2D eigenvalue weighted by molar-refractivity contribution is 0.0224. The number of ether oxygens (including phenoxy) is 2. The first-order valence-corrected chi connectivity index (χ1v) is 11.7. The highest BCUT2D eigenvalue weighted by atomic mass is 16.6. The Hall–Kier alpha value is -4.25. The van der Waals surface area contributed by atoms with Gasteiger partial charge in [-0.25, -0.2) is 4.79 Å². The molecule has 0 fully saturated rings. The lowest BCUT2D eigenvalue weighted by atomic mass is 9.77. The van der Waals surface area contributed by atoms with Crippen LogP contribution in [-0.2, 0) is 10.3 Å². The number of hydrogen-bond donors (Lipinski definition) is 1. The van der Waals surface area contributed by atoms with E-state index in [-0.39, 0.29) is 5.97 Å².